The molecule has 0 atom stereocenters. The first-order valence-corrected chi connectivity index (χ1v) is 9.24. The van der Waals surface area contributed by atoms with Gasteiger partial charge in [0.25, 0.3) is 10.0 Å². The SMILES string of the molecule is O=S(=O)(Nc1cccc(-c2nn[nH]n2)c1)c1sc(Cl)cc1Br. The Morgan fingerprint density at radius 1 is 1.32 bits per heavy atom. The van der Waals surface area contributed by atoms with Crippen molar-refractivity contribution in [1.82, 2.24) is 20.6 Å². The predicted octanol–water partition coefficient (Wildman–Crippen LogP) is 3.14. The summed E-state index contributed by atoms with van der Waals surface area (Å²) in [5, 5.41) is 13.5. The molecule has 1 aromatic carbocycles. The third-order valence-corrected chi connectivity index (χ3v) is 6.92. The molecule has 114 valence electrons. The first kappa shape index (κ1) is 15.4. The molecule has 3 rings (SSSR count). The quantitative estimate of drug-likeness (QED) is 0.675. The number of H-pyrrole nitrogens is 1. The highest BCUT2D eigenvalue weighted by Crippen LogP contribution is 2.35. The maximum absolute atomic E-state index is 12.4. The number of tetrazole rings is 1. The molecule has 0 aliphatic heterocycles. The molecule has 0 fully saturated rings. The van der Waals surface area contributed by atoms with E-state index < -0.39 is 10.0 Å². The van der Waals surface area contributed by atoms with Gasteiger partial charge in [0, 0.05) is 11.3 Å². The molecular weight excluding hydrogens is 414 g/mol. The fourth-order valence-electron chi connectivity index (χ4n) is 1.72. The van der Waals surface area contributed by atoms with Crippen LogP contribution in [0.4, 0.5) is 5.69 Å². The van der Waals surface area contributed by atoms with Crippen LogP contribution in [0.1, 0.15) is 0 Å². The summed E-state index contributed by atoms with van der Waals surface area (Å²) in [7, 11) is -3.74. The molecule has 0 spiro atoms. The summed E-state index contributed by atoms with van der Waals surface area (Å²) in [6, 6.07) is 8.23. The van der Waals surface area contributed by atoms with Crippen LogP contribution in [0.15, 0.2) is 39.0 Å². The van der Waals surface area contributed by atoms with E-state index >= 15 is 0 Å². The Hall–Kier alpha value is -1.49. The van der Waals surface area contributed by atoms with Gasteiger partial charge in [-0.15, -0.1) is 21.5 Å². The standard InChI is InChI=1S/C11H7BrClN5O2S2/c12-8-5-9(13)21-11(8)22(19,20)16-7-3-1-2-6(4-7)10-14-17-18-15-10/h1-5,16H,(H,14,15,17,18). The van der Waals surface area contributed by atoms with Crippen LogP contribution in [0.5, 0.6) is 0 Å². The van der Waals surface area contributed by atoms with E-state index in [-0.39, 0.29) is 4.21 Å². The number of hydrogen-bond acceptors (Lipinski definition) is 6. The molecule has 0 aliphatic rings. The number of sulfonamides is 1. The van der Waals surface area contributed by atoms with Crippen molar-refractivity contribution in [3.8, 4) is 11.4 Å². The average molecular weight is 421 g/mol. The van der Waals surface area contributed by atoms with Gasteiger partial charge in [0.1, 0.15) is 0 Å². The summed E-state index contributed by atoms with van der Waals surface area (Å²) in [5.74, 6) is 0.376. The lowest BCUT2D eigenvalue weighted by Gasteiger charge is -2.07. The highest BCUT2D eigenvalue weighted by molar-refractivity contribution is 9.10. The van der Waals surface area contributed by atoms with E-state index in [2.05, 4.69) is 41.3 Å². The van der Waals surface area contributed by atoms with Crippen molar-refractivity contribution in [3.05, 3.63) is 39.1 Å². The van der Waals surface area contributed by atoms with E-state index in [9.17, 15) is 8.42 Å². The van der Waals surface area contributed by atoms with Crippen LogP contribution in [0.3, 0.4) is 0 Å². The molecule has 2 N–H and O–H groups in total. The van der Waals surface area contributed by atoms with E-state index in [1.54, 1.807) is 24.3 Å². The molecule has 0 saturated carbocycles. The van der Waals surface area contributed by atoms with Crippen LogP contribution >= 0.6 is 38.9 Å². The molecule has 0 unspecified atom stereocenters. The van der Waals surface area contributed by atoms with Gasteiger partial charge < -0.3 is 0 Å². The number of aromatic nitrogens is 4. The van der Waals surface area contributed by atoms with Crippen LogP contribution in [0.2, 0.25) is 4.34 Å². The minimum Gasteiger partial charge on any atom is -0.279 e. The monoisotopic (exact) mass is 419 g/mol. The van der Waals surface area contributed by atoms with Crippen molar-refractivity contribution < 1.29 is 8.42 Å². The molecule has 22 heavy (non-hydrogen) atoms. The fourth-order valence-corrected chi connectivity index (χ4v) is 5.78. The van der Waals surface area contributed by atoms with Crippen molar-refractivity contribution in [2.75, 3.05) is 4.72 Å². The number of rotatable bonds is 4. The number of nitrogens with one attached hydrogen (secondary N) is 2. The van der Waals surface area contributed by atoms with Crippen LogP contribution in [0, 0.1) is 0 Å². The summed E-state index contributed by atoms with van der Waals surface area (Å²) >= 11 is 9.99. The number of aromatic amines is 1. The number of halogens is 2. The molecule has 0 amide bonds. The van der Waals surface area contributed by atoms with Gasteiger partial charge in [-0.2, -0.15) is 5.21 Å². The van der Waals surface area contributed by atoms with Crippen molar-refractivity contribution in [2.24, 2.45) is 0 Å². The number of benzene rings is 1. The lowest BCUT2D eigenvalue weighted by Crippen LogP contribution is -2.11. The van der Waals surface area contributed by atoms with Crippen molar-refractivity contribution in [2.45, 2.75) is 4.21 Å². The Kier molecular flexibility index (Phi) is 4.17. The van der Waals surface area contributed by atoms with Gasteiger partial charge in [0.15, 0.2) is 4.21 Å². The first-order chi connectivity index (χ1) is 10.5. The normalized spacial score (nSPS) is 11.5. The maximum atomic E-state index is 12.4. The zero-order chi connectivity index (χ0) is 15.7. The Morgan fingerprint density at radius 3 is 2.77 bits per heavy atom. The molecule has 7 nitrogen and oxygen atoms in total. The lowest BCUT2D eigenvalue weighted by molar-refractivity contribution is 0.603. The molecule has 0 saturated heterocycles. The summed E-state index contributed by atoms with van der Waals surface area (Å²) in [6.45, 7) is 0. The zero-order valence-electron chi connectivity index (χ0n) is 10.6. The Labute approximate surface area is 142 Å². The summed E-state index contributed by atoms with van der Waals surface area (Å²) in [6.07, 6.45) is 0. The van der Waals surface area contributed by atoms with Gasteiger partial charge in [-0.05, 0) is 39.3 Å². The summed E-state index contributed by atoms with van der Waals surface area (Å²) in [4.78, 5) is 0. The van der Waals surface area contributed by atoms with E-state index in [4.69, 9.17) is 11.6 Å². The van der Waals surface area contributed by atoms with Crippen molar-refractivity contribution >= 4 is 54.6 Å². The van der Waals surface area contributed by atoms with Crippen molar-refractivity contribution in [1.29, 1.82) is 0 Å². The highest BCUT2D eigenvalue weighted by Gasteiger charge is 2.21. The summed E-state index contributed by atoms with van der Waals surface area (Å²) < 4.78 is 28.2. The Morgan fingerprint density at radius 2 is 2.14 bits per heavy atom. The van der Waals surface area contributed by atoms with Gasteiger partial charge in [0.2, 0.25) is 5.82 Å². The second-order valence-corrected chi connectivity index (χ2v) is 8.52. The van der Waals surface area contributed by atoms with Gasteiger partial charge >= 0.3 is 0 Å². The van der Waals surface area contributed by atoms with Crippen molar-refractivity contribution in [3.63, 3.8) is 0 Å². The predicted molar refractivity (Wildman–Crippen MR) is 87.5 cm³/mol. The van der Waals surface area contributed by atoms with Crippen LogP contribution in [0.25, 0.3) is 11.4 Å². The Bertz CT molecular complexity index is 910. The van der Waals surface area contributed by atoms with Gasteiger partial charge in [-0.25, -0.2) is 8.42 Å². The highest BCUT2D eigenvalue weighted by atomic mass is 79.9. The largest absolute Gasteiger partial charge is 0.279 e. The second kappa shape index (κ2) is 5.95. The smallest absolute Gasteiger partial charge is 0.272 e. The number of nitrogens with zero attached hydrogens (tertiary/aromatic N) is 3. The van der Waals surface area contributed by atoms with Gasteiger partial charge in [0.05, 0.1) is 8.81 Å². The third-order valence-electron chi connectivity index (χ3n) is 2.59. The minimum absolute atomic E-state index is 0.113. The van der Waals surface area contributed by atoms with E-state index in [0.29, 0.717) is 25.9 Å². The molecule has 2 heterocycles. The maximum Gasteiger partial charge on any atom is 0.272 e. The minimum atomic E-state index is -3.74. The summed E-state index contributed by atoms with van der Waals surface area (Å²) in [5.41, 5.74) is 1.02. The van der Waals surface area contributed by atoms with E-state index in [0.717, 1.165) is 11.3 Å². The Balaban J connectivity index is 1.93. The average Bonchev–Trinajstić information content (AvgIpc) is 3.08. The molecule has 0 bridgehead atoms. The van der Waals surface area contributed by atoms with Gasteiger partial charge in [-0.3, -0.25) is 4.72 Å². The number of hydrogen-bond donors (Lipinski definition) is 2. The first-order valence-electron chi connectivity index (χ1n) is 5.77. The molecule has 3 aromatic rings. The van der Waals surface area contributed by atoms with Crippen LogP contribution < -0.4 is 4.72 Å². The molecular formula is C11H7BrClN5O2S2. The molecule has 0 aliphatic carbocycles. The zero-order valence-corrected chi connectivity index (χ0v) is 14.6. The number of anilines is 1. The van der Waals surface area contributed by atoms with Gasteiger partial charge in [-0.1, -0.05) is 23.7 Å². The lowest BCUT2D eigenvalue weighted by atomic mass is 10.2. The molecule has 2 aromatic heterocycles. The molecule has 11 heteroatoms. The van der Waals surface area contributed by atoms with Crippen LogP contribution in [-0.4, -0.2) is 29.0 Å². The van der Waals surface area contributed by atoms with Crippen LogP contribution in [-0.2, 0) is 10.0 Å². The third kappa shape index (κ3) is 3.14. The topological polar surface area (TPSA) is 101 Å². The fraction of sp³-hybridized carbons (Fsp3) is 0. The van der Waals surface area contributed by atoms with E-state index in [1.807, 2.05) is 0 Å². The molecule has 0 radical (unpaired) electrons. The number of thiophene rings is 1. The van der Waals surface area contributed by atoms with E-state index in [1.165, 1.54) is 6.07 Å². The second-order valence-electron chi connectivity index (χ2n) is 4.11.